The number of carbonyl (C=O) groups is 4. The van der Waals surface area contributed by atoms with Gasteiger partial charge in [0.1, 0.15) is 19.3 Å². The van der Waals surface area contributed by atoms with E-state index in [2.05, 4.69) is 48.5 Å². The highest BCUT2D eigenvalue weighted by molar-refractivity contribution is 7.47. The first-order valence-corrected chi connectivity index (χ1v) is 46.8. The van der Waals surface area contributed by atoms with Crippen molar-refractivity contribution < 1.29 is 80.2 Å². The molecule has 19 heteroatoms. The molecule has 618 valence electrons. The smallest absolute Gasteiger partial charge is 0.462 e. The van der Waals surface area contributed by atoms with E-state index in [-0.39, 0.29) is 25.7 Å². The molecule has 0 rings (SSSR count). The molecular formula is C85H166O17P2. The molecule has 0 saturated carbocycles. The molecule has 0 aliphatic carbocycles. The van der Waals surface area contributed by atoms with Crippen LogP contribution in [0, 0.1) is 17.8 Å². The van der Waals surface area contributed by atoms with Crippen molar-refractivity contribution in [1.29, 1.82) is 0 Å². The molecule has 0 aliphatic rings. The maximum absolute atomic E-state index is 13.1. The number of hydrogen-bond donors (Lipinski definition) is 3. The third kappa shape index (κ3) is 78.2. The molecule has 0 spiro atoms. The molecule has 104 heavy (non-hydrogen) atoms. The Balaban J connectivity index is 5.20. The summed E-state index contributed by atoms with van der Waals surface area (Å²) in [6.07, 6.45) is 65.6. The van der Waals surface area contributed by atoms with E-state index in [4.69, 9.17) is 37.0 Å². The Morgan fingerprint density at radius 3 is 0.654 bits per heavy atom. The number of aliphatic hydroxyl groups is 1. The van der Waals surface area contributed by atoms with Crippen molar-refractivity contribution in [3.8, 4) is 0 Å². The van der Waals surface area contributed by atoms with Gasteiger partial charge in [-0.05, 0) is 43.4 Å². The lowest BCUT2D eigenvalue weighted by atomic mass is 10.0. The third-order valence-corrected chi connectivity index (χ3v) is 21.8. The molecule has 0 amide bonds. The first-order valence-electron chi connectivity index (χ1n) is 43.8. The normalized spacial score (nSPS) is 13.9. The van der Waals surface area contributed by atoms with E-state index >= 15 is 0 Å². The van der Waals surface area contributed by atoms with E-state index in [1.165, 1.54) is 250 Å². The summed E-state index contributed by atoms with van der Waals surface area (Å²) in [5.74, 6) is 0.153. The van der Waals surface area contributed by atoms with E-state index in [0.29, 0.717) is 31.6 Å². The van der Waals surface area contributed by atoms with Gasteiger partial charge in [0.15, 0.2) is 12.2 Å². The summed E-state index contributed by atoms with van der Waals surface area (Å²) in [5, 5.41) is 10.7. The molecule has 0 bridgehead atoms. The van der Waals surface area contributed by atoms with Gasteiger partial charge in [-0.25, -0.2) is 9.13 Å². The van der Waals surface area contributed by atoms with Crippen LogP contribution < -0.4 is 0 Å². The van der Waals surface area contributed by atoms with Crippen LogP contribution in [-0.2, 0) is 65.4 Å². The minimum Gasteiger partial charge on any atom is -0.462 e. The Morgan fingerprint density at radius 1 is 0.260 bits per heavy atom. The lowest BCUT2D eigenvalue weighted by Gasteiger charge is -2.21. The molecule has 0 fully saturated rings. The van der Waals surface area contributed by atoms with Crippen LogP contribution in [0.4, 0.5) is 0 Å². The number of aliphatic hydroxyl groups excluding tert-OH is 1. The Morgan fingerprint density at radius 2 is 0.442 bits per heavy atom. The average Bonchev–Trinajstić information content (AvgIpc) is 0.905. The van der Waals surface area contributed by atoms with Gasteiger partial charge in [0.25, 0.3) is 0 Å². The summed E-state index contributed by atoms with van der Waals surface area (Å²) in [6.45, 7) is 11.9. The maximum Gasteiger partial charge on any atom is 0.472 e. The second kappa shape index (κ2) is 75.1. The third-order valence-electron chi connectivity index (χ3n) is 19.9. The molecule has 2 unspecified atom stereocenters. The van der Waals surface area contributed by atoms with Crippen LogP contribution in [0.2, 0.25) is 0 Å². The summed E-state index contributed by atoms with van der Waals surface area (Å²) in [6, 6.07) is 0. The van der Waals surface area contributed by atoms with Crippen molar-refractivity contribution in [1.82, 2.24) is 0 Å². The Hall–Kier alpha value is -1.94. The second-order valence-corrected chi connectivity index (χ2v) is 34.9. The van der Waals surface area contributed by atoms with Crippen molar-refractivity contribution in [3.63, 3.8) is 0 Å². The van der Waals surface area contributed by atoms with Crippen molar-refractivity contribution in [2.45, 2.75) is 465 Å². The molecule has 17 nitrogen and oxygen atoms in total. The van der Waals surface area contributed by atoms with E-state index in [0.717, 1.165) is 108 Å². The van der Waals surface area contributed by atoms with Crippen molar-refractivity contribution >= 4 is 39.5 Å². The Kier molecular flexibility index (Phi) is 73.7. The van der Waals surface area contributed by atoms with E-state index in [9.17, 15) is 43.2 Å². The van der Waals surface area contributed by atoms with Crippen molar-refractivity contribution in [3.05, 3.63) is 0 Å². The van der Waals surface area contributed by atoms with Crippen LogP contribution in [0.1, 0.15) is 447 Å². The number of esters is 4. The Bertz CT molecular complexity index is 2010. The van der Waals surface area contributed by atoms with Crippen LogP contribution in [0.25, 0.3) is 0 Å². The molecule has 0 aromatic heterocycles. The van der Waals surface area contributed by atoms with Gasteiger partial charge in [-0.15, -0.1) is 0 Å². The van der Waals surface area contributed by atoms with Crippen LogP contribution in [0.15, 0.2) is 0 Å². The maximum atomic E-state index is 13.1. The number of phosphoric ester groups is 2. The fourth-order valence-corrected chi connectivity index (χ4v) is 14.8. The summed E-state index contributed by atoms with van der Waals surface area (Å²) in [5.41, 5.74) is 0. The molecule has 0 aliphatic heterocycles. The summed E-state index contributed by atoms with van der Waals surface area (Å²) >= 11 is 0. The predicted molar refractivity (Wildman–Crippen MR) is 428 cm³/mol. The SMILES string of the molecule is CCCCCCCCCCCCCCCCCCCCCCCCC(=O)O[C@H](COC(=O)CCCCCCCCCCCCCCCCCC(C)C)COP(=O)(O)OC[C@@H](O)COP(=O)(O)OC[C@@H](COC(=O)CCCCCCCCC(C)C)OC(=O)CCCCCCCCCCCCCCC(C)C. The van der Waals surface area contributed by atoms with Crippen LogP contribution in [0.5, 0.6) is 0 Å². The quantitative estimate of drug-likeness (QED) is 0.0222. The molecule has 0 aromatic carbocycles. The minimum atomic E-state index is -4.97. The largest absolute Gasteiger partial charge is 0.472 e. The van der Waals surface area contributed by atoms with E-state index in [1.807, 2.05) is 0 Å². The zero-order valence-electron chi connectivity index (χ0n) is 68.5. The van der Waals surface area contributed by atoms with Gasteiger partial charge in [-0.2, -0.15) is 0 Å². The van der Waals surface area contributed by atoms with Gasteiger partial charge in [0.05, 0.1) is 26.4 Å². The molecule has 0 radical (unpaired) electrons. The molecule has 0 saturated heterocycles. The first-order chi connectivity index (χ1) is 50.2. The molecule has 5 atom stereocenters. The van der Waals surface area contributed by atoms with Gasteiger partial charge < -0.3 is 33.8 Å². The fraction of sp³-hybridized carbons (Fsp3) is 0.953. The number of carbonyl (C=O) groups excluding carboxylic acids is 4. The summed E-state index contributed by atoms with van der Waals surface area (Å²) in [7, 11) is -9.93. The highest BCUT2D eigenvalue weighted by Crippen LogP contribution is 2.45. The van der Waals surface area contributed by atoms with Gasteiger partial charge in [0, 0.05) is 25.7 Å². The van der Waals surface area contributed by atoms with Crippen molar-refractivity contribution in [2.75, 3.05) is 39.6 Å². The fourth-order valence-electron chi connectivity index (χ4n) is 13.2. The molecule has 0 aromatic rings. The summed E-state index contributed by atoms with van der Waals surface area (Å²) in [4.78, 5) is 73.1. The van der Waals surface area contributed by atoms with Crippen LogP contribution in [0.3, 0.4) is 0 Å². The van der Waals surface area contributed by atoms with E-state index in [1.54, 1.807) is 0 Å². The number of ether oxygens (including phenoxy) is 4. The molecule has 3 N–H and O–H groups in total. The topological polar surface area (TPSA) is 237 Å². The monoisotopic (exact) mass is 1520 g/mol. The first kappa shape index (κ1) is 102. The van der Waals surface area contributed by atoms with Crippen LogP contribution in [-0.4, -0.2) is 96.7 Å². The standard InChI is InChI=1S/C85H166O17P2/c1-8-9-10-11-12-13-14-15-16-17-18-19-20-21-22-25-29-35-40-45-54-61-68-84(89)101-80(72-95-82(87)66-59-52-44-39-34-28-26-23-24-27-32-37-42-49-56-63-76(2)3)74-99-103(91,92)97-70-79(86)71-98-104(93,94)100-75-81(73-96-83(88)67-60-53-48-47-51-58-65-78(6)7)102-85(90)69-62-55-46-41-36-31-30-33-38-43-50-57-64-77(4)5/h76-81,86H,8-75H2,1-7H3,(H,91,92)(H,93,94)/t79-,80-,81-/m1/s1. The number of rotatable bonds is 83. The second-order valence-electron chi connectivity index (χ2n) is 32.0. The van der Waals surface area contributed by atoms with Gasteiger partial charge in [0.2, 0.25) is 0 Å². The molecular weight excluding hydrogens is 1350 g/mol. The lowest BCUT2D eigenvalue weighted by molar-refractivity contribution is -0.161. The molecule has 0 heterocycles. The number of phosphoric acid groups is 2. The minimum absolute atomic E-state index is 0.106. The summed E-state index contributed by atoms with van der Waals surface area (Å²) < 4.78 is 68.8. The van der Waals surface area contributed by atoms with E-state index < -0.39 is 97.5 Å². The number of unbranched alkanes of at least 4 members (excludes halogenated alkanes) is 51. The Labute approximate surface area is 638 Å². The zero-order valence-corrected chi connectivity index (χ0v) is 70.3. The number of hydrogen-bond acceptors (Lipinski definition) is 15. The average molecular weight is 1520 g/mol. The zero-order chi connectivity index (χ0) is 76.5. The van der Waals surface area contributed by atoms with Gasteiger partial charge in [-0.3, -0.25) is 37.3 Å². The predicted octanol–water partition coefficient (Wildman–Crippen LogP) is 25.7. The highest BCUT2D eigenvalue weighted by Gasteiger charge is 2.30. The van der Waals surface area contributed by atoms with Crippen molar-refractivity contribution in [2.24, 2.45) is 17.8 Å². The lowest BCUT2D eigenvalue weighted by Crippen LogP contribution is -2.30. The highest BCUT2D eigenvalue weighted by atomic mass is 31.2. The van der Waals surface area contributed by atoms with Gasteiger partial charge in [-0.1, -0.05) is 395 Å². The van der Waals surface area contributed by atoms with Crippen LogP contribution >= 0.6 is 15.6 Å². The van der Waals surface area contributed by atoms with Gasteiger partial charge >= 0.3 is 39.5 Å².